The Kier molecular flexibility index (Phi) is 21.2. The largest absolute Gasteiger partial charge is 0.431 e. The van der Waals surface area contributed by atoms with Crippen molar-refractivity contribution in [2.75, 3.05) is 0 Å². The van der Waals surface area contributed by atoms with Gasteiger partial charge in [-0.1, -0.05) is 124 Å². The minimum Gasteiger partial charge on any atom is -0.431 e. The fourth-order valence-electron chi connectivity index (χ4n) is 16.5. The van der Waals surface area contributed by atoms with Crippen molar-refractivity contribution in [2.24, 2.45) is 78.8 Å². The first kappa shape index (κ1) is 63.7. The second kappa shape index (κ2) is 23.6. The number of aliphatic hydroxyl groups excluding tert-OH is 1. The van der Waals surface area contributed by atoms with E-state index in [4.69, 9.17) is 25.5 Å². The first-order valence-electron chi connectivity index (χ1n) is 25.7. The van der Waals surface area contributed by atoms with Crippen molar-refractivity contribution in [3.05, 3.63) is 63.7 Å². The molecule has 12 rings (SSSR count). The van der Waals surface area contributed by atoms with Crippen molar-refractivity contribution in [3.8, 4) is 0 Å². The minimum absolute atomic E-state index is 0. The Bertz CT molecular complexity index is 2080. The zero-order valence-corrected chi connectivity index (χ0v) is 50.3. The summed E-state index contributed by atoms with van der Waals surface area (Å²) in [7, 11) is 0. The molecule has 389 valence electrons. The number of rotatable bonds is 1. The molecule has 3 N–H and O–H groups in total. The molecule has 0 amide bonds. The molecule has 3 heterocycles. The molecule has 3 aliphatic heterocycles. The number of hydrogen-bond donors (Lipinski definition) is 2. The van der Waals surface area contributed by atoms with Gasteiger partial charge in [-0.25, -0.2) is 0 Å². The molecule has 9 fully saturated rings. The summed E-state index contributed by atoms with van der Waals surface area (Å²) < 4.78 is 17.7. The summed E-state index contributed by atoms with van der Waals surface area (Å²) in [6.45, 7) is 13.7. The number of allylic oxidation sites excluding steroid dienone is 6. The van der Waals surface area contributed by atoms with Crippen LogP contribution in [0.15, 0.2) is 39.1 Å². The van der Waals surface area contributed by atoms with E-state index in [0.717, 1.165) is 126 Å². The number of carbonyl (C=O) groups excluding carboxylic acids is 3. The van der Waals surface area contributed by atoms with Gasteiger partial charge in [0.05, 0.1) is 23.9 Å². The van der Waals surface area contributed by atoms with E-state index in [1.165, 1.54) is 29.6 Å². The Hall–Kier alpha value is 0.172. The molecule has 15 unspecified atom stereocenters. The van der Waals surface area contributed by atoms with Gasteiger partial charge in [-0.3, -0.25) is 14.4 Å². The van der Waals surface area contributed by atoms with Crippen LogP contribution in [0.1, 0.15) is 199 Å². The van der Waals surface area contributed by atoms with Crippen LogP contribution in [0.25, 0.3) is 10.4 Å². The number of nitrogens with zero attached hydrogens (tertiary/aromatic N) is 3. The predicted octanol–water partition coefficient (Wildman–Crippen LogP) is 13.3. The molecule has 3 radical (unpaired) electrons. The maximum Gasteiger partial charge on any atom is 0.314 e. The van der Waals surface area contributed by atoms with Crippen LogP contribution < -0.4 is 5.73 Å². The summed E-state index contributed by atoms with van der Waals surface area (Å²) in [6, 6.07) is 0.104. The van der Waals surface area contributed by atoms with Crippen LogP contribution in [0.5, 0.6) is 0 Å². The zero-order chi connectivity index (χ0) is 45.9. The Labute approximate surface area is 503 Å². The minimum atomic E-state index is -0.335. The molecule has 11 nitrogen and oxygen atoms in total. The quantitative estimate of drug-likeness (QED) is 0.0651. The molecule has 6 saturated carbocycles. The molecule has 3 saturated heterocycles. The number of nitrogens with two attached hydrogens (primary N) is 1. The van der Waals surface area contributed by atoms with E-state index in [2.05, 4.69) is 70.8 Å². The summed E-state index contributed by atoms with van der Waals surface area (Å²) >= 11 is 0. The van der Waals surface area contributed by atoms with Gasteiger partial charge < -0.3 is 44.3 Å². The number of aliphatic hydroxyl groups is 1. The van der Waals surface area contributed by atoms with Crippen molar-refractivity contribution in [3.63, 3.8) is 0 Å². The predicted molar refractivity (Wildman–Crippen MR) is 266 cm³/mol. The van der Waals surface area contributed by atoms with E-state index in [1.807, 2.05) is 0 Å². The van der Waals surface area contributed by atoms with Crippen LogP contribution >= 0.6 is 0 Å². The molecule has 14 heteroatoms. The summed E-state index contributed by atoms with van der Waals surface area (Å²) in [6.07, 6.45) is 28.1. The van der Waals surface area contributed by atoms with E-state index in [9.17, 15) is 19.5 Å². The van der Waals surface area contributed by atoms with Crippen molar-refractivity contribution in [1.29, 1.82) is 0 Å². The number of fused-ring (bicyclic) bond motifs is 12. The molecule has 0 aromatic carbocycles. The second-order valence-electron chi connectivity index (χ2n) is 24.3. The average molecular weight is 1210 g/mol. The normalized spacial score (nSPS) is 43.9. The SMILES string of the molecule is C.C.C.CC12[CH-]CCC1=C1OC(=O)C3CC(N)CCC3(C)C1CC2.CC12[CH-]CCC1=C1OC(=O)C3CC(N=[N+]=[N-])CCC3(C)C1CC2.CC12[CH-]CCC1=C1OC(=O)C3CC(O)CCC3(C)C1CC2.[Y].[Y].[Y]. The van der Waals surface area contributed by atoms with Crippen molar-refractivity contribution in [1.82, 2.24) is 0 Å². The fraction of sp³-hybridized carbons (Fsp3) is 0.789. The molecule has 0 bridgehead atoms. The van der Waals surface area contributed by atoms with Gasteiger partial charge >= 0.3 is 17.9 Å². The number of carbonyl (C=O) groups is 3. The van der Waals surface area contributed by atoms with Gasteiger partial charge in [0.15, 0.2) is 0 Å². The maximum absolute atomic E-state index is 12.7. The summed E-state index contributed by atoms with van der Waals surface area (Å²) in [5.74, 6) is 3.78. The third-order valence-electron chi connectivity index (χ3n) is 20.9. The van der Waals surface area contributed by atoms with Crippen molar-refractivity contribution in [2.45, 2.75) is 217 Å². The van der Waals surface area contributed by atoms with Gasteiger partial charge in [-0.05, 0) is 98.8 Å². The molecule has 12 aliphatic rings. The number of esters is 3. The first-order chi connectivity index (χ1) is 30.9. The number of hydrogen-bond acceptors (Lipinski definition) is 9. The Morgan fingerprint density at radius 1 is 0.535 bits per heavy atom. The van der Waals surface area contributed by atoms with E-state index in [-0.39, 0.29) is 207 Å². The van der Waals surface area contributed by atoms with E-state index in [1.54, 1.807) is 0 Å². The van der Waals surface area contributed by atoms with Gasteiger partial charge in [0.1, 0.15) is 17.3 Å². The van der Waals surface area contributed by atoms with E-state index in [0.29, 0.717) is 30.6 Å². The Balaban J connectivity index is 0.000000222. The Morgan fingerprint density at radius 2 is 0.887 bits per heavy atom. The van der Waals surface area contributed by atoms with Crippen LogP contribution in [0.3, 0.4) is 0 Å². The molecule has 0 spiro atoms. The summed E-state index contributed by atoms with van der Waals surface area (Å²) in [5, 5.41) is 13.8. The van der Waals surface area contributed by atoms with Gasteiger partial charge in [-0.15, -0.1) is 16.2 Å². The first-order valence-corrected chi connectivity index (χ1v) is 25.7. The smallest absolute Gasteiger partial charge is 0.314 e. The van der Waals surface area contributed by atoms with Crippen LogP contribution in [0, 0.1) is 87.3 Å². The summed E-state index contributed by atoms with van der Waals surface area (Å²) in [5.41, 5.74) is 19.5. The molecule has 71 heavy (non-hydrogen) atoms. The van der Waals surface area contributed by atoms with Gasteiger partial charge in [0.2, 0.25) is 0 Å². The molecule has 15 atom stereocenters. The average Bonchev–Trinajstić information content (AvgIpc) is 3.99. The third kappa shape index (κ3) is 10.8. The van der Waals surface area contributed by atoms with E-state index < -0.39 is 0 Å². The van der Waals surface area contributed by atoms with E-state index >= 15 is 0 Å². The van der Waals surface area contributed by atoms with Gasteiger partial charge in [-0.2, -0.15) is 19.3 Å². The molecule has 0 aromatic rings. The molecule has 9 aliphatic carbocycles. The van der Waals surface area contributed by atoms with Crippen LogP contribution in [0.4, 0.5) is 0 Å². The second-order valence-corrected chi connectivity index (χ2v) is 24.3. The topological polar surface area (TPSA) is 174 Å². The number of azide groups is 1. The molecular weight excluding hydrogens is 1120 g/mol. The van der Waals surface area contributed by atoms with Gasteiger partial charge in [0.25, 0.3) is 0 Å². The summed E-state index contributed by atoms with van der Waals surface area (Å²) in [4.78, 5) is 40.8. The third-order valence-corrected chi connectivity index (χ3v) is 20.9. The van der Waals surface area contributed by atoms with Crippen molar-refractivity contribution >= 4 is 17.9 Å². The standard InChI is InChI=1S/C18H24N3O2.C18H26NO2.C18H25O3.3CH4.3Y/c1-17-7-3-4-12(17)15-13(6-8-17)18(2)9-5-11(20-21-19)10-14(18)16(22)23-15;2*1-17-7-3-4-12(17)15-13(6-8-17)18(2)9-5-11(19)10-14(18)16(20)21-15;;;;;;/h7,11,13-14H,3-6,8-10H2,1-2H3;7,11,13-14H,3-6,8-10,19H2,1-2H3;7,11,13-14,19H,3-6,8-10H2,1-2H3;3*1H4;;;/q3*-1;;;;;;. The maximum atomic E-state index is 12.7. The zero-order valence-electron chi connectivity index (χ0n) is 41.8. The van der Waals surface area contributed by atoms with Crippen LogP contribution in [-0.4, -0.2) is 41.2 Å². The Morgan fingerprint density at radius 3 is 1.28 bits per heavy atom. The van der Waals surface area contributed by atoms with Crippen LogP contribution in [0.2, 0.25) is 0 Å². The molecular formula is C57H87N4O7Y3-3. The van der Waals surface area contributed by atoms with Crippen LogP contribution in [-0.2, 0) is 127 Å². The monoisotopic (exact) mass is 1210 g/mol. The fourth-order valence-corrected chi connectivity index (χ4v) is 16.5. The molecule has 0 aromatic heterocycles. The van der Waals surface area contributed by atoms with Gasteiger partial charge in [0, 0.05) is 133 Å². The van der Waals surface area contributed by atoms with Crippen molar-refractivity contribution < 1.29 is 132 Å². The number of ether oxygens (including phenoxy) is 3.